The van der Waals surface area contributed by atoms with Crippen LogP contribution in [0, 0.1) is 18.2 Å². The summed E-state index contributed by atoms with van der Waals surface area (Å²) in [6.45, 7) is 1.76. The highest BCUT2D eigenvalue weighted by molar-refractivity contribution is 5.40. The number of ether oxygens (including phenoxy) is 1. The van der Waals surface area contributed by atoms with Crippen molar-refractivity contribution in [2.75, 3.05) is 7.11 Å². The van der Waals surface area contributed by atoms with Crippen LogP contribution in [0.2, 0.25) is 0 Å². The molecule has 0 bridgehead atoms. The van der Waals surface area contributed by atoms with Crippen molar-refractivity contribution in [2.24, 2.45) is 0 Å². The lowest BCUT2D eigenvalue weighted by atomic mass is 10.0. The summed E-state index contributed by atoms with van der Waals surface area (Å²) in [5.74, 6) is 2.40. The van der Waals surface area contributed by atoms with Crippen LogP contribution in [-0.4, -0.2) is 7.11 Å². The Kier molecular flexibility index (Phi) is 2.92. The number of hydrogen-bond donors (Lipinski definition) is 0. The molecule has 0 aliphatic heterocycles. The van der Waals surface area contributed by atoms with Crippen LogP contribution in [0.1, 0.15) is 18.4 Å². The Morgan fingerprint density at radius 2 is 2.23 bits per heavy atom. The minimum absolute atomic E-state index is 0.267. The van der Waals surface area contributed by atoms with Gasteiger partial charge < -0.3 is 4.74 Å². The Bertz CT molecular complexity index is 338. The molecule has 68 valence electrons. The van der Waals surface area contributed by atoms with E-state index in [0.717, 1.165) is 0 Å². The van der Waals surface area contributed by atoms with E-state index < -0.39 is 0 Å². The molecule has 0 saturated carbocycles. The van der Waals surface area contributed by atoms with Gasteiger partial charge >= 0.3 is 0 Å². The molecular formula is C11H11FO. The molecule has 1 aromatic carbocycles. The van der Waals surface area contributed by atoms with Crippen LogP contribution >= 0.6 is 0 Å². The zero-order valence-electron chi connectivity index (χ0n) is 7.67. The molecule has 2 heteroatoms. The molecule has 0 N–H and O–H groups in total. The van der Waals surface area contributed by atoms with Gasteiger partial charge in [0.2, 0.25) is 0 Å². The molecule has 13 heavy (non-hydrogen) atoms. The highest BCUT2D eigenvalue weighted by Crippen LogP contribution is 2.28. The Morgan fingerprint density at radius 1 is 1.54 bits per heavy atom. The normalized spacial score (nSPS) is 11.8. The summed E-state index contributed by atoms with van der Waals surface area (Å²) in [4.78, 5) is 0. The molecule has 0 fully saturated rings. The summed E-state index contributed by atoms with van der Waals surface area (Å²) in [6.07, 6.45) is 5.22. The zero-order valence-corrected chi connectivity index (χ0v) is 7.67. The molecule has 0 heterocycles. The van der Waals surface area contributed by atoms with Crippen molar-refractivity contribution >= 4 is 0 Å². The minimum atomic E-state index is -0.315. The van der Waals surface area contributed by atoms with Crippen LogP contribution in [0.4, 0.5) is 4.39 Å². The molecule has 1 rings (SSSR count). The Morgan fingerprint density at radius 3 is 2.77 bits per heavy atom. The van der Waals surface area contributed by atoms with Gasteiger partial charge in [0.25, 0.3) is 0 Å². The standard InChI is InChI=1S/C11H11FO/c1-4-8(2)11-9(12)6-5-7-10(11)13-3/h1,5-8H,2-3H3. The van der Waals surface area contributed by atoms with Crippen LogP contribution in [0.5, 0.6) is 5.75 Å². The Balaban J connectivity index is 3.24. The van der Waals surface area contributed by atoms with Crippen molar-refractivity contribution in [3.05, 3.63) is 29.6 Å². The maximum atomic E-state index is 13.3. The third-order valence-electron chi connectivity index (χ3n) is 1.92. The zero-order chi connectivity index (χ0) is 9.84. The number of hydrogen-bond acceptors (Lipinski definition) is 1. The smallest absolute Gasteiger partial charge is 0.131 e. The summed E-state index contributed by atoms with van der Waals surface area (Å²) in [5, 5.41) is 0. The molecule has 0 aliphatic rings. The van der Waals surface area contributed by atoms with Crippen molar-refractivity contribution in [3.8, 4) is 18.1 Å². The van der Waals surface area contributed by atoms with E-state index in [0.29, 0.717) is 11.3 Å². The van der Waals surface area contributed by atoms with Gasteiger partial charge in [-0.3, -0.25) is 0 Å². The minimum Gasteiger partial charge on any atom is -0.496 e. The summed E-state index contributed by atoms with van der Waals surface area (Å²) >= 11 is 0. The molecule has 1 nitrogen and oxygen atoms in total. The van der Waals surface area contributed by atoms with E-state index in [1.165, 1.54) is 13.2 Å². The van der Waals surface area contributed by atoms with E-state index in [9.17, 15) is 4.39 Å². The molecule has 0 amide bonds. The molecule has 1 aromatic rings. The number of rotatable bonds is 2. The van der Waals surface area contributed by atoms with Crippen LogP contribution in [-0.2, 0) is 0 Å². The average molecular weight is 178 g/mol. The lowest BCUT2D eigenvalue weighted by Crippen LogP contribution is -1.98. The topological polar surface area (TPSA) is 9.23 Å². The highest BCUT2D eigenvalue weighted by Gasteiger charge is 2.13. The van der Waals surface area contributed by atoms with Gasteiger partial charge in [-0.2, -0.15) is 0 Å². The first kappa shape index (κ1) is 9.60. The average Bonchev–Trinajstić information content (AvgIpc) is 2.16. The maximum Gasteiger partial charge on any atom is 0.131 e. The largest absolute Gasteiger partial charge is 0.496 e. The van der Waals surface area contributed by atoms with Gasteiger partial charge in [-0.25, -0.2) is 4.39 Å². The molecular weight excluding hydrogens is 167 g/mol. The Labute approximate surface area is 77.5 Å². The number of benzene rings is 1. The first-order valence-electron chi connectivity index (χ1n) is 3.99. The fourth-order valence-corrected chi connectivity index (χ4v) is 1.20. The molecule has 0 saturated heterocycles. The van der Waals surface area contributed by atoms with Gasteiger partial charge in [-0.1, -0.05) is 12.0 Å². The lowest BCUT2D eigenvalue weighted by Gasteiger charge is -2.11. The predicted octanol–water partition coefficient (Wildman–Crippen LogP) is 2.57. The van der Waals surface area contributed by atoms with E-state index in [-0.39, 0.29) is 11.7 Å². The molecule has 0 spiro atoms. The SMILES string of the molecule is C#CC(C)c1c(F)cccc1OC. The predicted molar refractivity (Wildman–Crippen MR) is 50.2 cm³/mol. The van der Waals surface area contributed by atoms with Gasteiger partial charge in [0.15, 0.2) is 0 Å². The van der Waals surface area contributed by atoms with Crippen molar-refractivity contribution in [3.63, 3.8) is 0 Å². The van der Waals surface area contributed by atoms with E-state index in [4.69, 9.17) is 11.2 Å². The highest BCUT2D eigenvalue weighted by atomic mass is 19.1. The van der Waals surface area contributed by atoms with Gasteiger partial charge in [0.05, 0.1) is 7.11 Å². The van der Waals surface area contributed by atoms with Crippen LogP contribution in [0.3, 0.4) is 0 Å². The molecule has 1 atom stereocenters. The Hall–Kier alpha value is -1.49. The number of methoxy groups -OCH3 is 1. The third-order valence-corrected chi connectivity index (χ3v) is 1.92. The molecule has 0 aromatic heterocycles. The van der Waals surface area contributed by atoms with Crippen molar-refractivity contribution < 1.29 is 9.13 Å². The second-order valence-electron chi connectivity index (χ2n) is 2.74. The van der Waals surface area contributed by atoms with E-state index in [2.05, 4.69) is 5.92 Å². The number of terminal acetylenes is 1. The summed E-state index contributed by atoms with van der Waals surface area (Å²) < 4.78 is 18.3. The molecule has 0 aliphatic carbocycles. The van der Waals surface area contributed by atoms with Crippen LogP contribution in [0.25, 0.3) is 0 Å². The van der Waals surface area contributed by atoms with E-state index in [1.54, 1.807) is 19.1 Å². The quantitative estimate of drug-likeness (QED) is 0.632. The van der Waals surface area contributed by atoms with Crippen molar-refractivity contribution in [1.82, 2.24) is 0 Å². The maximum absolute atomic E-state index is 13.3. The number of halogens is 1. The fraction of sp³-hybridized carbons (Fsp3) is 0.273. The van der Waals surface area contributed by atoms with Crippen LogP contribution < -0.4 is 4.74 Å². The van der Waals surface area contributed by atoms with Gasteiger partial charge in [0, 0.05) is 11.5 Å². The second-order valence-corrected chi connectivity index (χ2v) is 2.74. The van der Waals surface area contributed by atoms with E-state index >= 15 is 0 Å². The monoisotopic (exact) mass is 178 g/mol. The summed E-state index contributed by atoms with van der Waals surface area (Å²) in [5.41, 5.74) is 0.451. The lowest BCUT2D eigenvalue weighted by molar-refractivity contribution is 0.403. The van der Waals surface area contributed by atoms with Gasteiger partial charge in [0.1, 0.15) is 11.6 Å². The molecule has 1 unspecified atom stereocenters. The first-order chi connectivity index (χ1) is 6.20. The van der Waals surface area contributed by atoms with Crippen molar-refractivity contribution in [2.45, 2.75) is 12.8 Å². The van der Waals surface area contributed by atoms with Gasteiger partial charge in [-0.05, 0) is 19.1 Å². The summed E-state index contributed by atoms with van der Waals surface area (Å²) in [7, 11) is 1.50. The van der Waals surface area contributed by atoms with E-state index in [1.807, 2.05) is 0 Å². The van der Waals surface area contributed by atoms with Crippen LogP contribution in [0.15, 0.2) is 18.2 Å². The fourth-order valence-electron chi connectivity index (χ4n) is 1.20. The van der Waals surface area contributed by atoms with Crippen molar-refractivity contribution in [1.29, 1.82) is 0 Å². The summed E-state index contributed by atoms with van der Waals surface area (Å²) in [6, 6.07) is 4.68. The first-order valence-corrected chi connectivity index (χ1v) is 3.99. The van der Waals surface area contributed by atoms with Gasteiger partial charge in [-0.15, -0.1) is 6.42 Å². The molecule has 0 radical (unpaired) electrons. The second kappa shape index (κ2) is 3.95. The third kappa shape index (κ3) is 1.81.